The highest BCUT2D eigenvalue weighted by Crippen LogP contribution is 2.30. The molecule has 11 nitrogen and oxygen atoms in total. The van der Waals surface area contributed by atoms with Crippen molar-refractivity contribution in [3.8, 4) is 0 Å². The van der Waals surface area contributed by atoms with Gasteiger partial charge in [0.15, 0.2) is 0 Å². The van der Waals surface area contributed by atoms with Crippen LogP contribution in [0.15, 0.2) is 25.3 Å². The van der Waals surface area contributed by atoms with E-state index in [1.54, 1.807) is 0 Å². The molecule has 0 N–H and O–H groups in total. The van der Waals surface area contributed by atoms with Crippen molar-refractivity contribution < 1.29 is 52.3 Å². The van der Waals surface area contributed by atoms with Gasteiger partial charge >= 0.3 is 23.9 Å². The molecule has 3 aliphatic rings. The molecule has 3 saturated carbocycles. The Kier molecular flexibility index (Phi) is 18.0. The van der Waals surface area contributed by atoms with E-state index in [0.29, 0.717) is 58.7 Å². The smallest absolute Gasteiger partial charge is 0.330 e. The summed E-state index contributed by atoms with van der Waals surface area (Å²) in [5.74, 6) is -1.19. The summed E-state index contributed by atoms with van der Waals surface area (Å²) in [6.45, 7) is 8.94. The molecule has 0 aliphatic heterocycles. The van der Waals surface area contributed by atoms with Crippen LogP contribution >= 0.6 is 0 Å². The second kappa shape index (κ2) is 21.9. The molecule has 3 aliphatic carbocycles. The number of carbonyl (C=O) groups excluding carboxylic acids is 4. The molecule has 260 valence electrons. The first-order chi connectivity index (χ1) is 22.4. The molecule has 0 aromatic heterocycles. The Labute approximate surface area is 273 Å². The molecule has 0 atom stereocenters. The van der Waals surface area contributed by atoms with E-state index in [0.717, 1.165) is 89.2 Å². The van der Waals surface area contributed by atoms with Gasteiger partial charge in [0.2, 0.25) is 0 Å². The number of hydrogen-bond acceptors (Lipinski definition) is 11. The number of rotatable bonds is 20. The van der Waals surface area contributed by atoms with Crippen LogP contribution in [0.3, 0.4) is 0 Å². The third-order valence-corrected chi connectivity index (χ3v) is 8.82. The van der Waals surface area contributed by atoms with E-state index in [4.69, 9.17) is 33.2 Å². The third kappa shape index (κ3) is 15.2. The van der Waals surface area contributed by atoms with Gasteiger partial charge < -0.3 is 33.2 Å². The lowest BCUT2D eigenvalue weighted by molar-refractivity contribution is -0.159. The molecule has 0 radical (unpaired) electrons. The Morgan fingerprint density at radius 1 is 0.500 bits per heavy atom. The van der Waals surface area contributed by atoms with Crippen LogP contribution in [0.5, 0.6) is 0 Å². The van der Waals surface area contributed by atoms with Gasteiger partial charge in [-0.2, -0.15) is 0 Å². The summed E-state index contributed by atoms with van der Waals surface area (Å²) in [5.41, 5.74) is 0. The quantitative estimate of drug-likeness (QED) is 0.0734. The topological polar surface area (TPSA) is 133 Å². The zero-order chi connectivity index (χ0) is 33.0. The lowest BCUT2D eigenvalue weighted by Gasteiger charge is -2.31. The molecule has 11 heteroatoms. The number of esters is 4. The Hall–Kier alpha value is -2.76. The summed E-state index contributed by atoms with van der Waals surface area (Å²) in [7, 11) is 0. The summed E-state index contributed by atoms with van der Waals surface area (Å²) >= 11 is 0. The monoisotopic (exact) mass is 650 g/mol. The Balaban J connectivity index is 1.14. The van der Waals surface area contributed by atoms with Gasteiger partial charge in [-0.15, -0.1) is 0 Å². The van der Waals surface area contributed by atoms with Crippen LogP contribution in [-0.4, -0.2) is 87.4 Å². The predicted molar refractivity (Wildman–Crippen MR) is 169 cm³/mol. The van der Waals surface area contributed by atoms with Crippen LogP contribution < -0.4 is 0 Å². The van der Waals surface area contributed by atoms with E-state index >= 15 is 0 Å². The highest BCUT2D eigenvalue weighted by molar-refractivity contribution is 5.81. The fourth-order valence-corrected chi connectivity index (χ4v) is 6.15. The maximum absolute atomic E-state index is 12.8. The molecular weight excluding hydrogens is 596 g/mol. The highest BCUT2D eigenvalue weighted by Gasteiger charge is 2.31. The predicted octanol–water partition coefficient (Wildman–Crippen LogP) is 5.32. The average Bonchev–Trinajstić information content (AvgIpc) is 3.07. The van der Waals surface area contributed by atoms with E-state index in [9.17, 15) is 19.2 Å². The van der Waals surface area contributed by atoms with Crippen LogP contribution in [0.1, 0.15) is 103 Å². The lowest BCUT2D eigenvalue weighted by atomic mass is 9.87. The van der Waals surface area contributed by atoms with E-state index in [-0.39, 0.29) is 48.4 Å². The van der Waals surface area contributed by atoms with E-state index < -0.39 is 11.9 Å². The van der Waals surface area contributed by atoms with Crippen LogP contribution in [0.4, 0.5) is 0 Å². The second-order valence-corrected chi connectivity index (χ2v) is 12.4. The Morgan fingerprint density at radius 2 is 0.891 bits per heavy atom. The summed E-state index contributed by atoms with van der Waals surface area (Å²) in [4.78, 5) is 47.2. The molecule has 0 aromatic carbocycles. The minimum Gasteiger partial charge on any atom is -0.462 e. The first-order valence-corrected chi connectivity index (χ1v) is 17.2. The molecule has 0 unspecified atom stereocenters. The fraction of sp³-hybridized carbons (Fsp3) is 0.771. The Morgan fingerprint density at radius 3 is 1.35 bits per heavy atom. The molecule has 0 heterocycles. The summed E-state index contributed by atoms with van der Waals surface area (Å²) in [6, 6.07) is 0. The van der Waals surface area contributed by atoms with Gasteiger partial charge in [0.25, 0.3) is 0 Å². The van der Waals surface area contributed by atoms with Crippen LogP contribution in [0, 0.1) is 5.92 Å². The molecule has 0 aromatic rings. The lowest BCUT2D eigenvalue weighted by Crippen LogP contribution is -2.33. The minimum atomic E-state index is -0.423. The SMILES string of the molecule is C=CC(=O)OCCCOC1CCC(OC(=O)CCCOC2CCC(OC(=O)C3CCC(OCCCOC(=O)C=C)CC3)CC2)CC1. The molecule has 0 amide bonds. The van der Waals surface area contributed by atoms with Crippen molar-refractivity contribution in [2.75, 3.05) is 33.0 Å². The van der Waals surface area contributed by atoms with Crippen LogP contribution in [0.25, 0.3) is 0 Å². The van der Waals surface area contributed by atoms with Gasteiger partial charge in [0, 0.05) is 38.0 Å². The second-order valence-electron chi connectivity index (χ2n) is 12.4. The van der Waals surface area contributed by atoms with Gasteiger partial charge in [-0.25, -0.2) is 9.59 Å². The minimum absolute atomic E-state index is 0.0582. The van der Waals surface area contributed by atoms with Crippen molar-refractivity contribution in [2.45, 2.75) is 133 Å². The van der Waals surface area contributed by atoms with Crippen LogP contribution in [-0.2, 0) is 52.3 Å². The molecule has 3 rings (SSSR count). The number of carbonyl (C=O) groups is 4. The zero-order valence-corrected chi connectivity index (χ0v) is 27.4. The van der Waals surface area contributed by atoms with Gasteiger partial charge in [0.05, 0.1) is 50.7 Å². The third-order valence-electron chi connectivity index (χ3n) is 8.82. The summed E-state index contributed by atoms with van der Waals surface area (Å²) in [5, 5.41) is 0. The van der Waals surface area contributed by atoms with E-state index in [1.165, 1.54) is 0 Å². The fourth-order valence-electron chi connectivity index (χ4n) is 6.15. The van der Waals surface area contributed by atoms with E-state index in [1.807, 2.05) is 0 Å². The number of hydrogen-bond donors (Lipinski definition) is 0. The van der Waals surface area contributed by atoms with E-state index in [2.05, 4.69) is 13.2 Å². The van der Waals surface area contributed by atoms with Crippen LogP contribution in [0.2, 0.25) is 0 Å². The first-order valence-electron chi connectivity index (χ1n) is 17.2. The summed E-state index contributed by atoms with van der Waals surface area (Å²) in [6.07, 6.45) is 14.6. The summed E-state index contributed by atoms with van der Waals surface area (Å²) < 4.78 is 39.2. The zero-order valence-electron chi connectivity index (χ0n) is 27.4. The Bertz CT molecular complexity index is 942. The van der Waals surface area contributed by atoms with Gasteiger partial charge in [-0.1, -0.05) is 13.2 Å². The molecular formula is C35H54O11. The molecule has 0 spiro atoms. The van der Waals surface area contributed by atoms with Crippen molar-refractivity contribution in [1.29, 1.82) is 0 Å². The molecule has 3 fully saturated rings. The highest BCUT2D eigenvalue weighted by atomic mass is 16.6. The van der Waals surface area contributed by atoms with Crippen molar-refractivity contribution in [2.24, 2.45) is 5.92 Å². The molecule has 0 saturated heterocycles. The van der Waals surface area contributed by atoms with Crippen molar-refractivity contribution in [3.05, 3.63) is 25.3 Å². The van der Waals surface area contributed by atoms with Crippen molar-refractivity contribution in [3.63, 3.8) is 0 Å². The average molecular weight is 651 g/mol. The first kappa shape index (κ1) is 37.7. The van der Waals surface area contributed by atoms with Crippen molar-refractivity contribution >= 4 is 23.9 Å². The van der Waals surface area contributed by atoms with Crippen molar-refractivity contribution in [1.82, 2.24) is 0 Å². The standard InChI is InChI=1S/C35H54O11/c1-3-32(36)43-24-6-22-41-27-11-9-26(10-12-27)35(39)46-31-19-15-28(16-20-31)40-21-5-8-34(38)45-30-17-13-29(14-18-30)42-23-7-25-44-33(37)4-2/h3-4,26-31H,1-2,5-25H2. The number of ether oxygens (including phenoxy) is 7. The largest absolute Gasteiger partial charge is 0.462 e. The molecule has 0 bridgehead atoms. The molecule has 46 heavy (non-hydrogen) atoms. The normalized spacial score (nSPS) is 26.3. The maximum Gasteiger partial charge on any atom is 0.330 e. The van der Waals surface area contributed by atoms with Gasteiger partial charge in [0.1, 0.15) is 12.2 Å². The van der Waals surface area contributed by atoms with Gasteiger partial charge in [-0.05, 0) is 83.5 Å². The maximum atomic E-state index is 12.8. The van der Waals surface area contributed by atoms with Gasteiger partial charge in [-0.3, -0.25) is 9.59 Å².